The van der Waals surface area contributed by atoms with Crippen molar-refractivity contribution in [1.29, 1.82) is 0 Å². The van der Waals surface area contributed by atoms with E-state index in [-0.39, 0.29) is 5.56 Å². The average molecular weight is 550 g/mol. The molecule has 0 spiro atoms. The van der Waals surface area contributed by atoms with Crippen molar-refractivity contribution in [1.82, 2.24) is 24.4 Å². The Morgan fingerprint density at radius 3 is 2.69 bits per heavy atom. The van der Waals surface area contributed by atoms with Gasteiger partial charge in [0.05, 0.1) is 17.3 Å². The molecule has 0 aliphatic heterocycles. The van der Waals surface area contributed by atoms with Crippen LogP contribution in [0.1, 0.15) is 16.3 Å². The lowest BCUT2D eigenvalue weighted by molar-refractivity contribution is 0.411. The number of thiophene rings is 1. The van der Waals surface area contributed by atoms with E-state index >= 15 is 0 Å². The number of fused-ring (bicyclic) bond motifs is 2. The SMILES string of the molecule is COc1cccc2cc(-c3nn(-c4ccccc4)cc3/C=c3\sc4nc(/C=C/c5cccs5)nn4c3=O)oc12. The summed E-state index contributed by atoms with van der Waals surface area (Å²) in [4.78, 5) is 19.4. The smallest absolute Gasteiger partial charge is 0.291 e. The average Bonchev–Trinajstić information content (AvgIpc) is 3.78. The first-order valence-corrected chi connectivity index (χ1v) is 13.7. The molecular formula is C29H19N5O3S2. The number of ether oxygens (including phenoxy) is 1. The summed E-state index contributed by atoms with van der Waals surface area (Å²) in [6, 6.07) is 21.4. The Hall–Kier alpha value is -4.80. The van der Waals surface area contributed by atoms with Gasteiger partial charge in [-0.05, 0) is 53.9 Å². The minimum Gasteiger partial charge on any atom is -0.493 e. The van der Waals surface area contributed by atoms with Crippen molar-refractivity contribution in [2.75, 3.05) is 7.11 Å². The third-order valence-electron chi connectivity index (χ3n) is 6.15. The molecule has 7 aromatic rings. The molecule has 5 aromatic heterocycles. The van der Waals surface area contributed by atoms with Gasteiger partial charge in [0.2, 0.25) is 4.96 Å². The highest BCUT2D eigenvalue weighted by molar-refractivity contribution is 7.15. The fourth-order valence-electron chi connectivity index (χ4n) is 4.31. The summed E-state index contributed by atoms with van der Waals surface area (Å²) in [6.07, 6.45) is 7.46. The van der Waals surface area contributed by atoms with Gasteiger partial charge in [-0.2, -0.15) is 14.6 Å². The van der Waals surface area contributed by atoms with Crippen molar-refractivity contribution in [2.24, 2.45) is 0 Å². The van der Waals surface area contributed by atoms with Crippen LogP contribution in [0.4, 0.5) is 0 Å². The van der Waals surface area contributed by atoms with E-state index in [1.54, 1.807) is 23.1 Å². The standard InChI is InChI=1S/C29H19N5O3S2/c1-36-22-11-5-7-18-15-23(37-27(18)22)26-19(17-33(32-26)20-8-3-2-4-9-20)16-24-28(35)34-29(39-24)30-25(31-34)13-12-21-10-6-14-38-21/h2-17H,1H3/b13-12+,24-16-. The van der Waals surface area contributed by atoms with Gasteiger partial charge >= 0.3 is 0 Å². The normalized spacial score (nSPS) is 12.4. The molecule has 0 aliphatic carbocycles. The number of aromatic nitrogens is 5. The molecule has 10 heteroatoms. The largest absolute Gasteiger partial charge is 0.493 e. The third kappa shape index (κ3) is 4.25. The van der Waals surface area contributed by atoms with Gasteiger partial charge in [0.15, 0.2) is 22.9 Å². The van der Waals surface area contributed by atoms with Gasteiger partial charge in [-0.25, -0.2) is 4.68 Å². The number of furan rings is 1. The second-order valence-corrected chi connectivity index (χ2v) is 10.6. The molecule has 7 rings (SSSR count). The highest BCUT2D eigenvalue weighted by Crippen LogP contribution is 2.34. The van der Waals surface area contributed by atoms with E-state index in [1.807, 2.05) is 96.5 Å². The van der Waals surface area contributed by atoms with Crippen molar-refractivity contribution in [3.8, 4) is 22.9 Å². The second kappa shape index (κ2) is 9.50. The number of hydrogen-bond acceptors (Lipinski definition) is 8. The lowest BCUT2D eigenvalue weighted by Crippen LogP contribution is -2.23. The molecule has 0 unspecified atom stereocenters. The lowest BCUT2D eigenvalue weighted by Gasteiger charge is -1.99. The van der Waals surface area contributed by atoms with Crippen LogP contribution >= 0.6 is 22.7 Å². The van der Waals surface area contributed by atoms with Gasteiger partial charge in [-0.15, -0.1) is 16.4 Å². The maximum atomic E-state index is 13.3. The van der Waals surface area contributed by atoms with E-state index in [0.717, 1.165) is 21.5 Å². The topological polar surface area (TPSA) is 87.5 Å². The Morgan fingerprint density at radius 1 is 1.00 bits per heavy atom. The van der Waals surface area contributed by atoms with Crippen molar-refractivity contribution in [2.45, 2.75) is 0 Å². The van der Waals surface area contributed by atoms with Gasteiger partial charge < -0.3 is 9.15 Å². The van der Waals surface area contributed by atoms with Gasteiger partial charge in [-0.3, -0.25) is 4.79 Å². The molecule has 190 valence electrons. The Morgan fingerprint density at radius 2 is 1.90 bits per heavy atom. The summed E-state index contributed by atoms with van der Waals surface area (Å²) in [5, 5.41) is 12.1. The highest BCUT2D eigenvalue weighted by atomic mass is 32.1. The molecule has 0 radical (unpaired) electrons. The van der Waals surface area contributed by atoms with Gasteiger partial charge in [0, 0.05) is 22.0 Å². The maximum absolute atomic E-state index is 13.3. The van der Waals surface area contributed by atoms with Crippen LogP contribution in [0.25, 0.3) is 51.3 Å². The number of rotatable bonds is 6. The Balaban J connectivity index is 1.35. The quantitative estimate of drug-likeness (QED) is 0.271. The molecule has 0 N–H and O–H groups in total. The van der Waals surface area contributed by atoms with E-state index in [1.165, 1.54) is 15.9 Å². The molecule has 2 aromatic carbocycles. The summed E-state index contributed by atoms with van der Waals surface area (Å²) in [7, 11) is 1.61. The van der Waals surface area contributed by atoms with Crippen LogP contribution in [-0.2, 0) is 0 Å². The number of thiazole rings is 1. The Labute approximate surface area is 229 Å². The predicted molar refractivity (Wildman–Crippen MR) is 154 cm³/mol. The number of para-hydroxylation sites is 2. The second-order valence-electron chi connectivity index (χ2n) is 8.63. The number of nitrogens with zero attached hydrogens (tertiary/aromatic N) is 5. The first-order chi connectivity index (χ1) is 19.2. The van der Waals surface area contributed by atoms with E-state index < -0.39 is 0 Å². The number of hydrogen-bond donors (Lipinski definition) is 0. The van der Waals surface area contributed by atoms with Crippen LogP contribution in [0.15, 0.2) is 87.5 Å². The van der Waals surface area contributed by atoms with Gasteiger partial charge in [0.1, 0.15) is 5.69 Å². The molecule has 8 nitrogen and oxygen atoms in total. The van der Waals surface area contributed by atoms with E-state index in [2.05, 4.69) is 10.1 Å². The zero-order valence-electron chi connectivity index (χ0n) is 20.5. The third-order valence-corrected chi connectivity index (χ3v) is 7.95. The minimum atomic E-state index is -0.233. The summed E-state index contributed by atoms with van der Waals surface area (Å²) < 4.78 is 15.3. The van der Waals surface area contributed by atoms with Crippen molar-refractivity contribution in [3.05, 3.63) is 109 Å². The molecule has 5 heterocycles. The number of methoxy groups -OCH3 is 1. The van der Waals surface area contributed by atoms with E-state index in [9.17, 15) is 4.79 Å². The van der Waals surface area contributed by atoms with Crippen LogP contribution in [0, 0.1) is 0 Å². The maximum Gasteiger partial charge on any atom is 0.291 e. The molecule has 39 heavy (non-hydrogen) atoms. The van der Waals surface area contributed by atoms with Crippen molar-refractivity contribution in [3.63, 3.8) is 0 Å². The Bertz CT molecular complexity index is 2080. The molecule has 0 amide bonds. The van der Waals surface area contributed by atoms with Gasteiger partial charge in [-0.1, -0.05) is 47.7 Å². The van der Waals surface area contributed by atoms with Crippen molar-refractivity contribution >= 4 is 56.8 Å². The Kier molecular flexibility index (Phi) is 5.68. The summed E-state index contributed by atoms with van der Waals surface area (Å²) in [6.45, 7) is 0. The number of benzene rings is 2. The fraction of sp³-hybridized carbons (Fsp3) is 0.0345. The molecule has 0 fully saturated rings. The monoisotopic (exact) mass is 549 g/mol. The highest BCUT2D eigenvalue weighted by Gasteiger charge is 2.18. The summed E-state index contributed by atoms with van der Waals surface area (Å²) in [5.74, 6) is 1.71. The molecule has 0 atom stereocenters. The lowest BCUT2D eigenvalue weighted by atomic mass is 10.2. The van der Waals surface area contributed by atoms with Gasteiger partial charge in [0.25, 0.3) is 5.56 Å². The molecule has 0 saturated heterocycles. The first kappa shape index (κ1) is 23.3. The molecule has 0 saturated carbocycles. The van der Waals surface area contributed by atoms with Crippen molar-refractivity contribution < 1.29 is 9.15 Å². The minimum absolute atomic E-state index is 0.233. The predicted octanol–water partition coefficient (Wildman–Crippen LogP) is 5.54. The molecule has 0 bridgehead atoms. The van der Waals surface area contributed by atoms with Crippen LogP contribution < -0.4 is 14.8 Å². The zero-order chi connectivity index (χ0) is 26.3. The summed E-state index contributed by atoms with van der Waals surface area (Å²) in [5.41, 5.74) is 2.63. The first-order valence-electron chi connectivity index (χ1n) is 12.0. The van der Waals surface area contributed by atoms with E-state index in [0.29, 0.717) is 38.1 Å². The fourth-order valence-corrected chi connectivity index (χ4v) is 5.84. The zero-order valence-corrected chi connectivity index (χ0v) is 22.1. The van der Waals surface area contributed by atoms with Crippen LogP contribution in [0.3, 0.4) is 0 Å². The molecular weight excluding hydrogens is 530 g/mol. The molecule has 0 aliphatic rings. The summed E-state index contributed by atoms with van der Waals surface area (Å²) >= 11 is 2.91. The van der Waals surface area contributed by atoms with Crippen LogP contribution in [-0.4, -0.2) is 31.5 Å². The van der Waals surface area contributed by atoms with Crippen LogP contribution in [0.2, 0.25) is 0 Å². The van der Waals surface area contributed by atoms with Crippen LogP contribution in [0.5, 0.6) is 5.75 Å². The van der Waals surface area contributed by atoms with E-state index in [4.69, 9.17) is 14.3 Å².